The van der Waals surface area contributed by atoms with Gasteiger partial charge in [0.2, 0.25) is 0 Å². The number of carbonyl (C=O) groups is 1. The third-order valence-electron chi connectivity index (χ3n) is 4.94. The molecule has 24 heavy (non-hydrogen) atoms. The maximum Gasteiger partial charge on any atom is 0.316 e. The molecule has 3 rings (SSSR count). The number of piperidine rings is 1. The predicted octanol–water partition coefficient (Wildman–Crippen LogP) is 3.41. The van der Waals surface area contributed by atoms with E-state index in [1.165, 1.54) is 12.8 Å². The molecule has 0 aliphatic carbocycles. The van der Waals surface area contributed by atoms with Crippen LogP contribution in [0.15, 0.2) is 54.6 Å². The van der Waals surface area contributed by atoms with Gasteiger partial charge in [-0.3, -0.25) is 4.79 Å². The van der Waals surface area contributed by atoms with Gasteiger partial charge in [-0.1, -0.05) is 30.3 Å². The van der Waals surface area contributed by atoms with Crippen LogP contribution in [-0.4, -0.2) is 33.3 Å². The van der Waals surface area contributed by atoms with Crippen molar-refractivity contribution in [2.24, 2.45) is 0 Å². The fourth-order valence-corrected chi connectivity index (χ4v) is 3.51. The topological polar surface area (TPSA) is 38.8 Å². The molecule has 4 nitrogen and oxygen atoms in total. The summed E-state index contributed by atoms with van der Waals surface area (Å²) in [5, 5.41) is 0. The summed E-state index contributed by atoms with van der Waals surface area (Å²) in [6, 6.07) is 18.1. The van der Waals surface area contributed by atoms with Crippen molar-refractivity contribution in [3.8, 4) is 5.75 Å². The third-order valence-corrected chi connectivity index (χ3v) is 4.94. The number of nitrogens with zero attached hydrogens (tertiary/aromatic N) is 1. The third kappa shape index (κ3) is 2.96. The van der Waals surface area contributed by atoms with Crippen molar-refractivity contribution >= 4 is 11.7 Å². The lowest BCUT2D eigenvalue weighted by Gasteiger charge is -2.41. The van der Waals surface area contributed by atoms with Crippen LogP contribution < -0.4 is 9.64 Å². The summed E-state index contributed by atoms with van der Waals surface area (Å²) in [5.74, 6) is 0.602. The lowest BCUT2D eigenvalue weighted by atomic mass is 9.72. The number of carbonyl (C=O) groups excluding carboxylic acids is 1. The van der Waals surface area contributed by atoms with Gasteiger partial charge in [0.25, 0.3) is 0 Å². The molecule has 2 aromatic carbocycles. The SMILES string of the molecule is COC(=O)C1(c2cccc(OC)c2)CCN(c2ccccc2)CC1. The van der Waals surface area contributed by atoms with E-state index in [0.717, 1.165) is 37.2 Å². The Morgan fingerprint density at radius 2 is 1.71 bits per heavy atom. The minimum Gasteiger partial charge on any atom is -0.497 e. The van der Waals surface area contributed by atoms with Crippen molar-refractivity contribution in [1.82, 2.24) is 0 Å². The first-order valence-electron chi connectivity index (χ1n) is 8.22. The van der Waals surface area contributed by atoms with Gasteiger partial charge in [0.1, 0.15) is 5.75 Å². The number of hydrogen-bond donors (Lipinski definition) is 0. The molecule has 0 saturated carbocycles. The lowest BCUT2D eigenvalue weighted by Crippen LogP contribution is -2.48. The lowest BCUT2D eigenvalue weighted by molar-refractivity contribution is -0.148. The zero-order valence-corrected chi connectivity index (χ0v) is 14.2. The Morgan fingerprint density at radius 3 is 2.33 bits per heavy atom. The molecule has 0 radical (unpaired) electrons. The van der Waals surface area contributed by atoms with Crippen molar-refractivity contribution < 1.29 is 14.3 Å². The molecule has 126 valence electrons. The Bertz CT molecular complexity index is 691. The Kier molecular flexibility index (Phi) is 4.74. The molecular formula is C20H23NO3. The van der Waals surface area contributed by atoms with Gasteiger partial charge < -0.3 is 14.4 Å². The zero-order chi connectivity index (χ0) is 17.0. The Balaban J connectivity index is 1.88. The van der Waals surface area contributed by atoms with Gasteiger partial charge in [0.15, 0.2) is 0 Å². The van der Waals surface area contributed by atoms with E-state index in [2.05, 4.69) is 17.0 Å². The number of methoxy groups -OCH3 is 2. The summed E-state index contributed by atoms with van der Waals surface area (Å²) in [7, 11) is 3.11. The van der Waals surface area contributed by atoms with E-state index >= 15 is 0 Å². The maximum absolute atomic E-state index is 12.7. The van der Waals surface area contributed by atoms with Crippen molar-refractivity contribution in [2.45, 2.75) is 18.3 Å². The molecule has 1 aliphatic rings. The normalized spacial score (nSPS) is 16.5. The van der Waals surface area contributed by atoms with E-state index in [4.69, 9.17) is 9.47 Å². The van der Waals surface area contributed by atoms with Crippen molar-refractivity contribution in [3.63, 3.8) is 0 Å². The van der Waals surface area contributed by atoms with Gasteiger partial charge >= 0.3 is 5.97 Å². The number of anilines is 1. The van der Waals surface area contributed by atoms with Gasteiger partial charge in [-0.15, -0.1) is 0 Å². The highest BCUT2D eigenvalue weighted by Gasteiger charge is 2.44. The number of benzene rings is 2. The van der Waals surface area contributed by atoms with Crippen LogP contribution in [0.5, 0.6) is 5.75 Å². The molecule has 1 aliphatic heterocycles. The van der Waals surface area contributed by atoms with Gasteiger partial charge in [0.05, 0.1) is 19.6 Å². The standard InChI is InChI=1S/C20H23NO3/c1-23-18-10-6-7-16(15-18)20(19(22)24-2)11-13-21(14-12-20)17-8-4-3-5-9-17/h3-10,15H,11-14H2,1-2H3. The number of ether oxygens (including phenoxy) is 2. The fraction of sp³-hybridized carbons (Fsp3) is 0.350. The van der Waals surface area contributed by atoms with E-state index in [-0.39, 0.29) is 5.97 Å². The Hall–Kier alpha value is -2.49. The van der Waals surface area contributed by atoms with E-state index in [1.54, 1.807) is 7.11 Å². The summed E-state index contributed by atoms with van der Waals surface area (Å²) in [6.07, 6.45) is 1.45. The number of para-hydroxylation sites is 1. The average Bonchev–Trinajstić information content (AvgIpc) is 2.68. The molecular weight excluding hydrogens is 302 g/mol. The molecule has 0 spiro atoms. The van der Waals surface area contributed by atoms with Crippen LogP contribution in [0.3, 0.4) is 0 Å². The van der Waals surface area contributed by atoms with Crippen molar-refractivity contribution in [2.75, 3.05) is 32.2 Å². The molecule has 0 unspecified atom stereocenters. The Labute approximate surface area is 143 Å². The van der Waals surface area contributed by atoms with Crippen LogP contribution in [0.1, 0.15) is 18.4 Å². The van der Waals surface area contributed by atoms with E-state index in [0.29, 0.717) is 0 Å². The summed E-state index contributed by atoms with van der Waals surface area (Å²) in [6.45, 7) is 1.63. The summed E-state index contributed by atoms with van der Waals surface area (Å²) in [5.41, 5.74) is 1.57. The van der Waals surface area contributed by atoms with Crippen LogP contribution in [0.25, 0.3) is 0 Å². The van der Waals surface area contributed by atoms with Gasteiger partial charge in [-0.05, 0) is 42.7 Å². The van der Waals surface area contributed by atoms with Crippen LogP contribution >= 0.6 is 0 Å². The highest BCUT2D eigenvalue weighted by Crippen LogP contribution is 2.39. The van der Waals surface area contributed by atoms with Gasteiger partial charge in [-0.25, -0.2) is 0 Å². The monoisotopic (exact) mass is 325 g/mol. The van der Waals surface area contributed by atoms with Crippen LogP contribution in [0.4, 0.5) is 5.69 Å². The highest BCUT2D eigenvalue weighted by atomic mass is 16.5. The maximum atomic E-state index is 12.7. The molecule has 1 heterocycles. The van der Waals surface area contributed by atoms with E-state index < -0.39 is 5.41 Å². The summed E-state index contributed by atoms with van der Waals surface area (Å²) in [4.78, 5) is 15.0. The van der Waals surface area contributed by atoms with E-state index in [1.807, 2.05) is 42.5 Å². The summed E-state index contributed by atoms with van der Waals surface area (Å²) >= 11 is 0. The van der Waals surface area contributed by atoms with Crippen LogP contribution in [-0.2, 0) is 14.9 Å². The second-order valence-electron chi connectivity index (χ2n) is 6.13. The largest absolute Gasteiger partial charge is 0.497 e. The zero-order valence-electron chi connectivity index (χ0n) is 14.2. The molecule has 1 fully saturated rings. The second kappa shape index (κ2) is 6.95. The predicted molar refractivity (Wildman–Crippen MR) is 94.6 cm³/mol. The first-order valence-corrected chi connectivity index (χ1v) is 8.22. The first kappa shape index (κ1) is 16.4. The van der Waals surface area contributed by atoms with Crippen LogP contribution in [0.2, 0.25) is 0 Å². The molecule has 2 aromatic rings. The van der Waals surface area contributed by atoms with Crippen molar-refractivity contribution in [1.29, 1.82) is 0 Å². The number of hydrogen-bond acceptors (Lipinski definition) is 4. The Morgan fingerprint density at radius 1 is 1.00 bits per heavy atom. The van der Waals surface area contributed by atoms with Gasteiger partial charge in [-0.2, -0.15) is 0 Å². The fourth-order valence-electron chi connectivity index (χ4n) is 3.51. The second-order valence-corrected chi connectivity index (χ2v) is 6.13. The molecule has 0 atom stereocenters. The molecule has 0 aromatic heterocycles. The smallest absolute Gasteiger partial charge is 0.316 e. The molecule has 0 amide bonds. The highest BCUT2D eigenvalue weighted by molar-refractivity contribution is 5.84. The molecule has 0 N–H and O–H groups in total. The minimum atomic E-state index is -0.603. The van der Waals surface area contributed by atoms with Gasteiger partial charge in [0, 0.05) is 18.8 Å². The number of esters is 1. The van der Waals surface area contributed by atoms with Crippen LogP contribution in [0, 0.1) is 0 Å². The first-order chi connectivity index (χ1) is 11.7. The molecule has 1 saturated heterocycles. The molecule has 0 bridgehead atoms. The number of rotatable bonds is 4. The van der Waals surface area contributed by atoms with Crippen molar-refractivity contribution in [3.05, 3.63) is 60.2 Å². The minimum absolute atomic E-state index is 0.163. The molecule has 4 heteroatoms. The average molecular weight is 325 g/mol. The quantitative estimate of drug-likeness (QED) is 0.808. The van der Waals surface area contributed by atoms with E-state index in [9.17, 15) is 4.79 Å². The summed E-state index contributed by atoms with van der Waals surface area (Å²) < 4.78 is 10.5.